The van der Waals surface area contributed by atoms with Crippen molar-refractivity contribution in [3.63, 3.8) is 0 Å². The highest BCUT2D eigenvalue weighted by molar-refractivity contribution is 6.30. The summed E-state index contributed by atoms with van der Waals surface area (Å²) in [7, 11) is 0. The molecule has 0 fully saturated rings. The van der Waals surface area contributed by atoms with Gasteiger partial charge in [-0.1, -0.05) is 31.5 Å². The molecule has 0 radical (unpaired) electrons. The third kappa shape index (κ3) is 4.94. The SMILES string of the molecule is CC(C)C(=O)OC(Oc1ccc(Cl)cc1)c1cccc(CO)n1. The van der Waals surface area contributed by atoms with E-state index in [0.717, 1.165) is 0 Å². The predicted octanol–water partition coefficient (Wildman–Crippen LogP) is 3.50. The highest BCUT2D eigenvalue weighted by Crippen LogP contribution is 2.24. The number of rotatable bonds is 6. The molecule has 1 aromatic carbocycles. The molecule has 0 saturated carbocycles. The van der Waals surface area contributed by atoms with Crippen molar-refractivity contribution in [2.24, 2.45) is 5.92 Å². The van der Waals surface area contributed by atoms with Crippen LogP contribution in [0.3, 0.4) is 0 Å². The number of hydrogen-bond acceptors (Lipinski definition) is 5. The molecule has 0 saturated heterocycles. The molecule has 1 atom stereocenters. The molecule has 0 aliphatic rings. The maximum absolute atomic E-state index is 11.9. The Morgan fingerprint density at radius 3 is 2.52 bits per heavy atom. The van der Waals surface area contributed by atoms with Gasteiger partial charge in [-0.25, -0.2) is 4.98 Å². The van der Waals surface area contributed by atoms with Crippen LogP contribution in [0.1, 0.15) is 31.5 Å². The minimum atomic E-state index is -1.00. The monoisotopic (exact) mass is 335 g/mol. The Hall–Kier alpha value is -2.11. The lowest BCUT2D eigenvalue weighted by molar-refractivity contribution is -0.169. The van der Waals surface area contributed by atoms with Gasteiger partial charge in [0, 0.05) is 5.02 Å². The molecule has 2 aromatic rings. The number of ether oxygens (including phenoxy) is 2. The minimum Gasteiger partial charge on any atom is -0.449 e. The maximum Gasteiger partial charge on any atom is 0.311 e. The third-order valence-corrected chi connectivity index (χ3v) is 3.24. The van der Waals surface area contributed by atoms with Crippen molar-refractivity contribution >= 4 is 17.6 Å². The number of pyridine rings is 1. The highest BCUT2D eigenvalue weighted by atomic mass is 35.5. The first-order valence-corrected chi connectivity index (χ1v) is 7.57. The summed E-state index contributed by atoms with van der Waals surface area (Å²) in [6.45, 7) is 3.26. The number of aliphatic hydroxyl groups excluding tert-OH is 1. The number of nitrogens with zero attached hydrogens (tertiary/aromatic N) is 1. The lowest BCUT2D eigenvalue weighted by atomic mass is 10.2. The highest BCUT2D eigenvalue weighted by Gasteiger charge is 2.22. The van der Waals surface area contributed by atoms with E-state index >= 15 is 0 Å². The van der Waals surface area contributed by atoms with Gasteiger partial charge in [0.25, 0.3) is 6.29 Å². The van der Waals surface area contributed by atoms with E-state index in [4.69, 9.17) is 21.1 Å². The molecule has 0 aliphatic heterocycles. The molecule has 0 amide bonds. The summed E-state index contributed by atoms with van der Waals surface area (Å²) in [5, 5.41) is 9.79. The van der Waals surface area contributed by atoms with E-state index in [-0.39, 0.29) is 12.5 Å². The Kier molecular flexibility index (Phi) is 5.96. The second-order valence-electron chi connectivity index (χ2n) is 5.21. The summed E-state index contributed by atoms with van der Waals surface area (Å²) in [5.41, 5.74) is 0.869. The van der Waals surface area contributed by atoms with E-state index in [1.165, 1.54) is 0 Å². The van der Waals surface area contributed by atoms with E-state index in [2.05, 4.69) is 4.98 Å². The van der Waals surface area contributed by atoms with Gasteiger partial charge in [-0.05, 0) is 36.4 Å². The summed E-state index contributed by atoms with van der Waals surface area (Å²) in [6, 6.07) is 11.8. The molecular weight excluding hydrogens is 318 g/mol. The van der Waals surface area contributed by atoms with Gasteiger partial charge in [0.2, 0.25) is 0 Å². The van der Waals surface area contributed by atoms with Crippen LogP contribution >= 0.6 is 11.6 Å². The van der Waals surface area contributed by atoms with Crippen molar-refractivity contribution in [3.8, 4) is 5.75 Å². The maximum atomic E-state index is 11.9. The normalized spacial score (nSPS) is 12.0. The van der Waals surface area contributed by atoms with Crippen molar-refractivity contribution < 1.29 is 19.4 Å². The van der Waals surface area contributed by atoms with Gasteiger partial charge < -0.3 is 14.6 Å². The quantitative estimate of drug-likeness (QED) is 0.646. The fourth-order valence-corrected chi connectivity index (χ4v) is 1.87. The number of carbonyl (C=O) groups excluding carboxylic acids is 1. The summed E-state index contributed by atoms with van der Waals surface area (Å²) >= 11 is 5.85. The lowest BCUT2D eigenvalue weighted by Gasteiger charge is -2.20. The van der Waals surface area contributed by atoms with Crippen LogP contribution in [0.25, 0.3) is 0 Å². The smallest absolute Gasteiger partial charge is 0.311 e. The van der Waals surface area contributed by atoms with Crippen molar-refractivity contribution in [1.82, 2.24) is 4.98 Å². The third-order valence-electron chi connectivity index (χ3n) is 2.98. The zero-order valence-electron chi connectivity index (χ0n) is 12.9. The molecule has 5 nitrogen and oxygen atoms in total. The second kappa shape index (κ2) is 7.94. The van der Waals surface area contributed by atoms with E-state index in [1.54, 1.807) is 56.3 Å². The van der Waals surface area contributed by atoms with Crippen LogP contribution < -0.4 is 4.74 Å². The fourth-order valence-electron chi connectivity index (χ4n) is 1.74. The molecule has 1 heterocycles. The van der Waals surface area contributed by atoms with Gasteiger partial charge in [0.05, 0.1) is 18.2 Å². The number of halogens is 1. The van der Waals surface area contributed by atoms with Gasteiger partial charge >= 0.3 is 5.97 Å². The first-order chi connectivity index (χ1) is 11.0. The van der Waals surface area contributed by atoms with Crippen LogP contribution in [0.2, 0.25) is 5.02 Å². The van der Waals surface area contributed by atoms with Crippen molar-refractivity contribution in [2.45, 2.75) is 26.7 Å². The molecule has 1 aromatic heterocycles. The topological polar surface area (TPSA) is 68.7 Å². The zero-order chi connectivity index (χ0) is 16.8. The van der Waals surface area contributed by atoms with E-state index in [0.29, 0.717) is 22.2 Å². The molecular formula is C17H18ClNO4. The predicted molar refractivity (Wildman–Crippen MR) is 85.9 cm³/mol. The van der Waals surface area contributed by atoms with Gasteiger partial charge in [-0.15, -0.1) is 0 Å². The zero-order valence-corrected chi connectivity index (χ0v) is 13.7. The lowest BCUT2D eigenvalue weighted by Crippen LogP contribution is -2.21. The molecule has 23 heavy (non-hydrogen) atoms. The Bertz CT molecular complexity index is 658. The molecule has 6 heteroatoms. The Morgan fingerprint density at radius 1 is 1.22 bits per heavy atom. The van der Waals surface area contributed by atoms with Crippen LogP contribution in [0.4, 0.5) is 0 Å². The van der Waals surface area contributed by atoms with Gasteiger partial charge in [-0.3, -0.25) is 4.79 Å². The van der Waals surface area contributed by atoms with Crippen LogP contribution in [0.15, 0.2) is 42.5 Å². The second-order valence-corrected chi connectivity index (χ2v) is 5.64. The van der Waals surface area contributed by atoms with Gasteiger partial charge in [-0.2, -0.15) is 0 Å². The average molecular weight is 336 g/mol. The summed E-state index contributed by atoms with van der Waals surface area (Å²) in [4.78, 5) is 16.2. The largest absolute Gasteiger partial charge is 0.449 e. The molecule has 122 valence electrons. The minimum absolute atomic E-state index is 0.209. The summed E-state index contributed by atoms with van der Waals surface area (Å²) in [5.74, 6) is -0.209. The van der Waals surface area contributed by atoms with Crippen LogP contribution in [-0.4, -0.2) is 16.1 Å². The number of aromatic nitrogens is 1. The number of benzene rings is 1. The summed E-state index contributed by atoms with van der Waals surface area (Å²) in [6.07, 6.45) is -1.00. The van der Waals surface area contributed by atoms with Crippen LogP contribution in [-0.2, 0) is 16.1 Å². The Morgan fingerprint density at radius 2 is 1.91 bits per heavy atom. The Labute approximate surface area is 139 Å². The summed E-state index contributed by atoms with van der Waals surface area (Å²) < 4.78 is 11.1. The standard InChI is InChI=1S/C17H18ClNO4/c1-11(2)16(21)23-17(15-5-3-4-13(10-20)19-15)22-14-8-6-12(18)7-9-14/h3-9,11,17,20H,10H2,1-2H3. The first kappa shape index (κ1) is 17.2. The number of hydrogen-bond donors (Lipinski definition) is 1. The molecule has 0 spiro atoms. The number of carbonyl (C=O) groups is 1. The Balaban J connectivity index is 2.26. The first-order valence-electron chi connectivity index (χ1n) is 7.19. The van der Waals surface area contributed by atoms with Crippen molar-refractivity contribution in [1.29, 1.82) is 0 Å². The number of esters is 1. The van der Waals surface area contributed by atoms with E-state index in [9.17, 15) is 9.90 Å². The van der Waals surface area contributed by atoms with Crippen LogP contribution in [0, 0.1) is 5.92 Å². The molecule has 1 unspecified atom stereocenters. The van der Waals surface area contributed by atoms with Crippen LogP contribution in [0.5, 0.6) is 5.75 Å². The van der Waals surface area contributed by atoms with Gasteiger partial charge in [0.15, 0.2) is 0 Å². The molecule has 1 N–H and O–H groups in total. The van der Waals surface area contributed by atoms with Crippen molar-refractivity contribution in [3.05, 3.63) is 58.9 Å². The number of aliphatic hydroxyl groups is 1. The average Bonchev–Trinajstić information content (AvgIpc) is 2.56. The van der Waals surface area contributed by atoms with E-state index in [1.807, 2.05) is 0 Å². The molecule has 0 aliphatic carbocycles. The molecule has 2 rings (SSSR count). The fraction of sp³-hybridized carbons (Fsp3) is 0.294. The molecule has 0 bridgehead atoms. The van der Waals surface area contributed by atoms with Crippen molar-refractivity contribution in [2.75, 3.05) is 0 Å². The van der Waals surface area contributed by atoms with E-state index < -0.39 is 12.3 Å². The van der Waals surface area contributed by atoms with Gasteiger partial charge in [0.1, 0.15) is 11.4 Å².